The van der Waals surface area contributed by atoms with Crippen LogP contribution in [0.4, 0.5) is 5.69 Å². The normalized spacial score (nSPS) is 18.3. The molecule has 0 amide bonds. The van der Waals surface area contributed by atoms with Crippen molar-refractivity contribution in [2.75, 3.05) is 84.6 Å². The maximum atomic E-state index is 5.97. The van der Waals surface area contributed by atoms with Crippen LogP contribution >= 0.6 is 24.0 Å². The molecule has 188 valence electrons. The standard InChI is InChI=1S/C25H43N5O2.HI/c1-26-25(30-15-11-24(12-16-30)32-22-8-21-31-2)27-13-6-7-14-28-17-19-29(20-18-28)23-9-4-3-5-10-23;/h3-5,9-10,24H,6-8,11-22H2,1-2H3,(H,26,27);1H. The van der Waals surface area contributed by atoms with Crippen LogP contribution in [0.25, 0.3) is 0 Å². The molecule has 1 N–H and O–H groups in total. The molecule has 2 heterocycles. The zero-order chi connectivity index (χ0) is 22.4. The fraction of sp³-hybridized carbons (Fsp3) is 0.720. The van der Waals surface area contributed by atoms with Gasteiger partial charge in [-0.25, -0.2) is 0 Å². The minimum Gasteiger partial charge on any atom is -0.385 e. The van der Waals surface area contributed by atoms with Crippen LogP contribution in [0.3, 0.4) is 0 Å². The van der Waals surface area contributed by atoms with Crippen molar-refractivity contribution in [1.82, 2.24) is 15.1 Å². The molecule has 1 aromatic carbocycles. The number of piperidine rings is 1. The predicted octanol–water partition coefficient (Wildman–Crippen LogP) is 3.30. The van der Waals surface area contributed by atoms with E-state index in [1.54, 1.807) is 7.11 Å². The molecule has 8 heteroatoms. The molecule has 1 aromatic rings. The summed E-state index contributed by atoms with van der Waals surface area (Å²) in [6, 6.07) is 10.8. The Kier molecular flexibility index (Phi) is 14.1. The Balaban J connectivity index is 0.00000385. The van der Waals surface area contributed by atoms with Gasteiger partial charge in [0.25, 0.3) is 0 Å². The summed E-state index contributed by atoms with van der Waals surface area (Å²) < 4.78 is 11.1. The van der Waals surface area contributed by atoms with E-state index in [2.05, 4.69) is 55.3 Å². The number of para-hydroxylation sites is 1. The lowest BCUT2D eigenvalue weighted by Gasteiger charge is -2.36. The van der Waals surface area contributed by atoms with E-state index >= 15 is 0 Å². The summed E-state index contributed by atoms with van der Waals surface area (Å²) in [5.74, 6) is 1.04. The van der Waals surface area contributed by atoms with Gasteiger partial charge < -0.3 is 24.6 Å². The lowest BCUT2D eigenvalue weighted by molar-refractivity contribution is 0.00991. The average molecular weight is 574 g/mol. The first-order valence-electron chi connectivity index (χ1n) is 12.4. The molecule has 0 aromatic heterocycles. The number of rotatable bonds is 11. The molecule has 0 saturated carbocycles. The third-order valence-electron chi connectivity index (χ3n) is 6.48. The number of ether oxygens (including phenoxy) is 2. The minimum absolute atomic E-state index is 0. The Bertz CT molecular complexity index is 647. The number of likely N-dealkylation sites (tertiary alicyclic amines) is 1. The maximum absolute atomic E-state index is 5.97. The van der Waals surface area contributed by atoms with Crippen LogP contribution in [-0.4, -0.2) is 102 Å². The summed E-state index contributed by atoms with van der Waals surface area (Å²) in [4.78, 5) is 12.0. The molecule has 2 fully saturated rings. The van der Waals surface area contributed by atoms with Crippen molar-refractivity contribution in [3.05, 3.63) is 30.3 Å². The second kappa shape index (κ2) is 16.5. The molecular formula is C25H44IN5O2. The fourth-order valence-corrected chi connectivity index (χ4v) is 4.55. The topological polar surface area (TPSA) is 52.6 Å². The van der Waals surface area contributed by atoms with Crippen LogP contribution in [0, 0.1) is 0 Å². The van der Waals surface area contributed by atoms with Gasteiger partial charge in [0, 0.05) is 78.9 Å². The SMILES string of the molecule is CN=C(NCCCCN1CCN(c2ccccc2)CC1)N1CCC(OCCCOC)CC1.I. The van der Waals surface area contributed by atoms with Gasteiger partial charge >= 0.3 is 0 Å². The highest BCUT2D eigenvalue weighted by Crippen LogP contribution is 2.16. The summed E-state index contributed by atoms with van der Waals surface area (Å²) in [6.45, 7) is 10.4. The Hall–Kier alpha value is -1.10. The van der Waals surface area contributed by atoms with Gasteiger partial charge in [0.15, 0.2) is 5.96 Å². The number of unbranched alkanes of at least 4 members (excludes halogenated alkanes) is 1. The van der Waals surface area contributed by atoms with E-state index < -0.39 is 0 Å². The first-order valence-corrected chi connectivity index (χ1v) is 12.4. The highest BCUT2D eigenvalue weighted by molar-refractivity contribution is 14.0. The lowest BCUT2D eigenvalue weighted by Crippen LogP contribution is -2.47. The van der Waals surface area contributed by atoms with Gasteiger partial charge in [-0.15, -0.1) is 24.0 Å². The number of hydrogen-bond acceptors (Lipinski definition) is 5. The van der Waals surface area contributed by atoms with E-state index in [1.165, 1.54) is 25.1 Å². The molecule has 7 nitrogen and oxygen atoms in total. The molecule has 0 atom stereocenters. The van der Waals surface area contributed by atoms with E-state index in [4.69, 9.17) is 9.47 Å². The van der Waals surface area contributed by atoms with Gasteiger partial charge in [-0.3, -0.25) is 9.89 Å². The highest BCUT2D eigenvalue weighted by Gasteiger charge is 2.22. The Morgan fingerprint density at radius 2 is 1.70 bits per heavy atom. The average Bonchev–Trinajstić information content (AvgIpc) is 2.85. The summed E-state index contributed by atoms with van der Waals surface area (Å²) in [5, 5.41) is 3.57. The number of halogens is 1. The van der Waals surface area contributed by atoms with Crippen molar-refractivity contribution in [2.45, 2.75) is 38.2 Å². The monoisotopic (exact) mass is 573 g/mol. The summed E-state index contributed by atoms with van der Waals surface area (Å²) >= 11 is 0. The quantitative estimate of drug-likeness (QED) is 0.190. The molecule has 0 aliphatic carbocycles. The van der Waals surface area contributed by atoms with Gasteiger partial charge in [0.2, 0.25) is 0 Å². The number of anilines is 1. The number of piperazine rings is 1. The Morgan fingerprint density at radius 1 is 0.970 bits per heavy atom. The lowest BCUT2D eigenvalue weighted by atomic mass is 10.1. The van der Waals surface area contributed by atoms with Crippen molar-refractivity contribution in [3.8, 4) is 0 Å². The van der Waals surface area contributed by atoms with E-state index in [0.717, 1.165) is 84.2 Å². The van der Waals surface area contributed by atoms with Gasteiger partial charge in [-0.2, -0.15) is 0 Å². The number of hydrogen-bond donors (Lipinski definition) is 1. The molecule has 0 spiro atoms. The molecule has 2 aliphatic heterocycles. The smallest absolute Gasteiger partial charge is 0.193 e. The predicted molar refractivity (Wildman–Crippen MR) is 148 cm³/mol. The zero-order valence-electron chi connectivity index (χ0n) is 20.6. The molecule has 3 rings (SSSR count). The van der Waals surface area contributed by atoms with Crippen molar-refractivity contribution >= 4 is 35.6 Å². The van der Waals surface area contributed by atoms with Crippen LogP contribution in [-0.2, 0) is 9.47 Å². The fourth-order valence-electron chi connectivity index (χ4n) is 4.55. The van der Waals surface area contributed by atoms with E-state index in [9.17, 15) is 0 Å². The van der Waals surface area contributed by atoms with Crippen molar-refractivity contribution in [1.29, 1.82) is 0 Å². The second-order valence-corrected chi connectivity index (χ2v) is 8.75. The second-order valence-electron chi connectivity index (χ2n) is 8.75. The van der Waals surface area contributed by atoms with Gasteiger partial charge in [-0.1, -0.05) is 18.2 Å². The zero-order valence-corrected chi connectivity index (χ0v) is 22.9. The van der Waals surface area contributed by atoms with Gasteiger partial charge in [0.05, 0.1) is 6.10 Å². The van der Waals surface area contributed by atoms with Crippen LogP contribution < -0.4 is 10.2 Å². The van der Waals surface area contributed by atoms with Gasteiger partial charge in [-0.05, 0) is 50.8 Å². The van der Waals surface area contributed by atoms with Crippen LogP contribution in [0.1, 0.15) is 32.1 Å². The number of benzene rings is 1. The van der Waals surface area contributed by atoms with E-state index in [-0.39, 0.29) is 24.0 Å². The third kappa shape index (κ3) is 9.96. The third-order valence-corrected chi connectivity index (χ3v) is 6.48. The van der Waals surface area contributed by atoms with E-state index in [1.807, 2.05) is 7.05 Å². The van der Waals surface area contributed by atoms with Crippen molar-refractivity contribution < 1.29 is 9.47 Å². The summed E-state index contributed by atoms with van der Waals surface area (Å²) in [5.41, 5.74) is 1.35. The number of aliphatic imine (C=N–C) groups is 1. The molecule has 2 saturated heterocycles. The van der Waals surface area contributed by atoms with Crippen LogP contribution in [0.2, 0.25) is 0 Å². The molecule has 33 heavy (non-hydrogen) atoms. The first kappa shape index (κ1) is 28.1. The maximum Gasteiger partial charge on any atom is 0.193 e. The van der Waals surface area contributed by atoms with Crippen molar-refractivity contribution in [2.24, 2.45) is 4.99 Å². The number of guanidine groups is 1. The highest BCUT2D eigenvalue weighted by atomic mass is 127. The van der Waals surface area contributed by atoms with E-state index in [0.29, 0.717) is 6.10 Å². The van der Waals surface area contributed by atoms with Crippen LogP contribution in [0.5, 0.6) is 0 Å². The Labute approximate surface area is 217 Å². The van der Waals surface area contributed by atoms with Crippen molar-refractivity contribution in [3.63, 3.8) is 0 Å². The van der Waals surface area contributed by atoms with Crippen LogP contribution in [0.15, 0.2) is 35.3 Å². The number of methoxy groups -OCH3 is 1. The summed E-state index contributed by atoms with van der Waals surface area (Å²) in [7, 11) is 3.63. The minimum atomic E-state index is 0. The number of nitrogens with zero attached hydrogens (tertiary/aromatic N) is 4. The van der Waals surface area contributed by atoms with Gasteiger partial charge in [0.1, 0.15) is 0 Å². The Morgan fingerprint density at radius 3 is 2.36 bits per heavy atom. The molecule has 2 aliphatic rings. The summed E-state index contributed by atoms with van der Waals surface area (Å²) in [6.07, 6.45) is 5.90. The molecular weight excluding hydrogens is 529 g/mol. The molecule has 0 radical (unpaired) electrons. The molecule has 0 bridgehead atoms. The molecule has 0 unspecified atom stereocenters. The number of nitrogens with one attached hydrogen (secondary N) is 1. The first-order chi connectivity index (χ1) is 15.8. The largest absolute Gasteiger partial charge is 0.385 e.